The van der Waals surface area contributed by atoms with Crippen molar-refractivity contribution in [3.63, 3.8) is 0 Å². The van der Waals surface area contributed by atoms with Crippen LogP contribution in [0.15, 0.2) is 54.6 Å². The predicted molar refractivity (Wildman–Crippen MR) is 76.4 cm³/mol. The van der Waals surface area contributed by atoms with Crippen LogP contribution in [-0.2, 0) is 0 Å². The van der Waals surface area contributed by atoms with Gasteiger partial charge < -0.3 is 0 Å². The van der Waals surface area contributed by atoms with Crippen LogP contribution in [0.1, 0.15) is 18.5 Å². The van der Waals surface area contributed by atoms with Crippen molar-refractivity contribution in [1.82, 2.24) is 5.09 Å². The standard InChI is InChI=1S/C14H14BNP/c1-11-13-9-5-6-10-14(13)17(15,16-11)12-7-3-2-4-8-12/h2-11,16H,1H3/t11-,17?/m1/s1. The number of fused-ring (bicyclic) bond motifs is 1. The zero-order valence-electron chi connectivity index (χ0n) is 9.80. The molecule has 0 aromatic heterocycles. The summed E-state index contributed by atoms with van der Waals surface area (Å²) in [5, 5.41) is 6.11. The van der Waals surface area contributed by atoms with E-state index in [-0.39, 0.29) is 0 Å². The van der Waals surface area contributed by atoms with E-state index in [9.17, 15) is 0 Å². The van der Waals surface area contributed by atoms with Gasteiger partial charge in [-0.25, -0.2) is 5.09 Å². The van der Waals surface area contributed by atoms with Gasteiger partial charge in [0.2, 0.25) is 0 Å². The van der Waals surface area contributed by atoms with Crippen molar-refractivity contribution in [2.75, 3.05) is 0 Å². The van der Waals surface area contributed by atoms with Crippen LogP contribution >= 0.6 is 7.29 Å². The Morgan fingerprint density at radius 2 is 1.65 bits per heavy atom. The smallest absolute Gasteiger partial charge is 0.0678 e. The van der Waals surface area contributed by atoms with E-state index in [1.54, 1.807) is 0 Å². The van der Waals surface area contributed by atoms with Gasteiger partial charge in [0.25, 0.3) is 0 Å². The highest BCUT2D eigenvalue weighted by atomic mass is 31.2. The average molecular weight is 238 g/mol. The highest BCUT2D eigenvalue weighted by Gasteiger charge is 2.36. The molecule has 1 nitrogen and oxygen atoms in total. The summed E-state index contributed by atoms with van der Waals surface area (Å²) in [6.45, 7) is 2.18. The third-order valence-electron chi connectivity index (χ3n) is 3.34. The summed E-state index contributed by atoms with van der Waals surface area (Å²) >= 11 is 0. The molecule has 1 N–H and O–H groups in total. The molecule has 1 unspecified atom stereocenters. The van der Waals surface area contributed by atoms with Gasteiger partial charge in [-0.15, -0.1) is 7.29 Å². The van der Waals surface area contributed by atoms with E-state index in [2.05, 4.69) is 60.5 Å². The minimum Gasteiger partial charge on any atom is -0.267 e. The van der Waals surface area contributed by atoms with Crippen molar-refractivity contribution in [2.45, 2.75) is 13.0 Å². The first-order valence-corrected chi connectivity index (χ1v) is 7.68. The molecule has 1 aliphatic rings. The van der Waals surface area contributed by atoms with E-state index in [4.69, 9.17) is 7.57 Å². The Hall–Kier alpha value is -1.11. The second-order valence-corrected chi connectivity index (χ2v) is 7.17. The summed E-state index contributed by atoms with van der Waals surface area (Å²) < 4.78 is 0. The van der Waals surface area contributed by atoms with Gasteiger partial charge in [0.05, 0.1) is 16.7 Å². The van der Waals surface area contributed by atoms with Crippen molar-refractivity contribution >= 4 is 25.5 Å². The molecule has 3 heteroatoms. The van der Waals surface area contributed by atoms with Crippen molar-refractivity contribution in [3.8, 4) is 0 Å². The van der Waals surface area contributed by atoms with Crippen LogP contribution in [0.25, 0.3) is 0 Å². The van der Waals surface area contributed by atoms with Gasteiger partial charge in [-0.1, -0.05) is 36.4 Å². The molecule has 0 fully saturated rings. The maximum absolute atomic E-state index is 6.68. The Balaban J connectivity index is 2.18. The normalized spacial score (nSPS) is 26.8. The first-order valence-electron chi connectivity index (χ1n) is 5.82. The van der Waals surface area contributed by atoms with Crippen LogP contribution in [-0.4, -0.2) is 7.57 Å². The molecule has 3 rings (SSSR count). The first kappa shape index (κ1) is 11.0. The fourth-order valence-electron chi connectivity index (χ4n) is 2.50. The lowest BCUT2D eigenvalue weighted by molar-refractivity contribution is 0.768. The van der Waals surface area contributed by atoms with Gasteiger partial charge >= 0.3 is 0 Å². The van der Waals surface area contributed by atoms with Gasteiger partial charge in [0.1, 0.15) is 0 Å². The highest BCUT2D eigenvalue weighted by Crippen LogP contribution is 2.54. The fourth-order valence-corrected chi connectivity index (χ4v) is 5.45. The first-order chi connectivity index (χ1) is 8.22. The third kappa shape index (κ3) is 1.64. The molecule has 0 saturated carbocycles. The molecule has 0 aliphatic carbocycles. The Bertz CT molecular complexity index is 543. The van der Waals surface area contributed by atoms with E-state index >= 15 is 0 Å². The van der Waals surface area contributed by atoms with Crippen LogP contribution in [0.4, 0.5) is 0 Å². The fraction of sp³-hybridized carbons (Fsp3) is 0.143. The summed E-state index contributed by atoms with van der Waals surface area (Å²) in [5.74, 6) is 0. The topological polar surface area (TPSA) is 12.0 Å². The van der Waals surface area contributed by atoms with E-state index < -0.39 is 7.29 Å². The number of hydrogen-bond acceptors (Lipinski definition) is 1. The maximum atomic E-state index is 6.68. The zero-order valence-corrected chi connectivity index (χ0v) is 10.7. The molecule has 2 aromatic rings. The molecule has 17 heavy (non-hydrogen) atoms. The van der Waals surface area contributed by atoms with Crippen LogP contribution in [0, 0.1) is 0 Å². The van der Waals surface area contributed by atoms with Gasteiger partial charge in [-0.05, 0) is 25.1 Å². The SMILES string of the molecule is [B-][P+]1(c2ccccc2)N[C@H](C)c2ccccc21. The van der Waals surface area contributed by atoms with Gasteiger partial charge in [-0.3, -0.25) is 7.57 Å². The van der Waals surface area contributed by atoms with Crippen molar-refractivity contribution in [1.29, 1.82) is 0 Å². The van der Waals surface area contributed by atoms with Crippen molar-refractivity contribution in [3.05, 3.63) is 60.2 Å². The van der Waals surface area contributed by atoms with Gasteiger partial charge in [-0.2, -0.15) is 0 Å². The largest absolute Gasteiger partial charge is 0.267 e. The van der Waals surface area contributed by atoms with Crippen molar-refractivity contribution < 1.29 is 0 Å². The molecule has 3 radical (unpaired) electrons. The summed E-state index contributed by atoms with van der Waals surface area (Å²) in [6, 6.07) is 19.2. The molecule has 1 aliphatic heterocycles. The summed E-state index contributed by atoms with van der Waals surface area (Å²) in [5.41, 5.74) is 1.34. The van der Waals surface area contributed by atoms with Crippen LogP contribution in [0.2, 0.25) is 0 Å². The lowest BCUT2D eigenvalue weighted by Gasteiger charge is -2.32. The molecule has 83 valence electrons. The predicted octanol–water partition coefficient (Wildman–Crippen LogP) is 2.32. The van der Waals surface area contributed by atoms with Crippen molar-refractivity contribution in [2.24, 2.45) is 0 Å². The van der Waals surface area contributed by atoms with E-state index in [0.717, 1.165) is 0 Å². The monoisotopic (exact) mass is 238 g/mol. The Morgan fingerprint density at radius 1 is 1.00 bits per heavy atom. The molecule has 0 amide bonds. The average Bonchev–Trinajstić information content (AvgIpc) is 2.65. The quantitative estimate of drug-likeness (QED) is 0.593. The van der Waals surface area contributed by atoms with E-state index in [1.165, 1.54) is 16.2 Å². The Kier molecular flexibility index (Phi) is 2.58. The van der Waals surface area contributed by atoms with E-state index in [0.29, 0.717) is 6.04 Å². The summed E-state index contributed by atoms with van der Waals surface area (Å²) in [4.78, 5) is 0. The molecule has 0 saturated heterocycles. The number of nitrogens with one attached hydrogen (secondary N) is 1. The highest BCUT2D eigenvalue weighted by molar-refractivity contribution is 8.07. The van der Waals surface area contributed by atoms with E-state index in [1.807, 2.05) is 6.07 Å². The lowest BCUT2D eigenvalue weighted by atomic mass is 10.1. The number of rotatable bonds is 1. The minimum absolute atomic E-state index is 0.338. The second kappa shape index (κ2) is 3.98. The van der Waals surface area contributed by atoms with Crippen LogP contribution in [0.5, 0.6) is 0 Å². The van der Waals surface area contributed by atoms with Crippen LogP contribution in [0.3, 0.4) is 0 Å². The molecule has 1 heterocycles. The molecular formula is C14H14BNP. The zero-order chi connectivity index (χ0) is 11.9. The minimum atomic E-state index is -1.87. The Labute approximate surface area is 104 Å². The summed E-state index contributed by atoms with van der Waals surface area (Å²) in [7, 11) is 4.81. The van der Waals surface area contributed by atoms with Crippen LogP contribution < -0.4 is 15.7 Å². The second-order valence-electron chi connectivity index (χ2n) is 4.47. The molecule has 0 spiro atoms. The van der Waals surface area contributed by atoms with Gasteiger partial charge in [0, 0.05) is 5.56 Å². The number of hydrogen-bond donors (Lipinski definition) is 1. The lowest BCUT2D eigenvalue weighted by Crippen LogP contribution is -2.27. The number of benzene rings is 2. The third-order valence-corrected chi connectivity index (χ3v) is 6.42. The molecular weight excluding hydrogens is 224 g/mol. The molecule has 2 aromatic carbocycles. The van der Waals surface area contributed by atoms with Gasteiger partial charge in [0.15, 0.2) is 0 Å². The maximum Gasteiger partial charge on any atom is 0.0678 e. The molecule has 0 bridgehead atoms. The summed E-state index contributed by atoms with van der Waals surface area (Å²) in [6.07, 6.45) is 0. The Morgan fingerprint density at radius 3 is 2.41 bits per heavy atom. The molecule has 2 atom stereocenters.